The van der Waals surface area contributed by atoms with E-state index in [2.05, 4.69) is 16.3 Å². The monoisotopic (exact) mass is 342 g/mol. The first-order valence-electron chi connectivity index (χ1n) is 8.50. The topological polar surface area (TPSA) is 32.8 Å². The van der Waals surface area contributed by atoms with Crippen molar-refractivity contribution in [2.45, 2.75) is 32.0 Å². The minimum atomic E-state index is -0.432. The summed E-state index contributed by atoms with van der Waals surface area (Å²) in [5.74, 6) is 0.833. The fourth-order valence-electron chi connectivity index (χ4n) is 3.46. The Balaban J connectivity index is 1.29. The second-order valence-corrected chi connectivity index (χ2v) is 7.56. The van der Waals surface area contributed by atoms with Crippen LogP contribution in [0.2, 0.25) is 0 Å². The lowest BCUT2D eigenvalue weighted by Crippen LogP contribution is -2.63. The van der Waals surface area contributed by atoms with Gasteiger partial charge in [0.25, 0.3) is 5.91 Å². The van der Waals surface area contributed by atoms with Gasteiger partial charge in [-0.2, -0.15) is 0 Å². The molecule has 0 radical (unpaired) electrons. The highest BCUT2D eigenvalue weighted by Crippen LogP contribution is 2.28. The Hall–Kier alpha value is -1.85. The van der Waals surface area contributed by atoms with E-state index in [0.29, 0.717) is 6.04 Å². The highest BCUT2D eigenvalue weighted by Gasteiger charge is 2.38. The van der Waals surface area contributed by atoms with Gasteiger partial charge in [0, 0.05) is 37.1 Å². The van der Waals surface area contributed by atoms with Crippen LogP contribution in [0, 0.1) is 0 Å². The summed E-state index contributed by atoms with van der Waals surface area (Å²) in [5.41, 5.74) is 1.47. The number of nitrogens with zero attached hydrogens (tertiary/aromatic N) is 2. The molecule has 1 atom stereocenters. The molecular formula is C19H22N2O2S. The first-order chi connectivity index (χ1) is 11.7. The molecule has 1 saturated heterocycles. The van der Waals surface area contributed by atoms with Gasteiger partial charge in [-0.25, -0.2) is 0 Å². The molecule has 1 aromatic heterocycles. The van der Waals surface area contributed by atoms with E-state index in [1.807, 2.05) is 53.5 Å². The third-order valence-corrected chi connectivity index (χ3v) is 5.95. The normalized spacial score (nSPS) is 19.5. The van der Waals surface area contributed by atoms with Crippen molar-refractivity contribution in [2.24, 2.45) is 0 Å². The van der Waals surface area contributed by atoms with Gasteiger partial charge in [-0.05, 0) is 42.5 Å². The molecule has 4 nitrogen and oxygen atoms in total. The fourth-order valence-corrected chi connectivity index (χ4v) is 4.35. The number of fused-ring (bicyclic) bond motifs is 1. The third-order valence-electron chi connectivity index (χ3n) is 4.93. The van der Waals surface area contributed by atoms with E-state index < -0.39 is 6.10 Å². The van der Waals surface area contributed by atoms with Crippen molar-refractivity contribution in [3.63, 3.8) is 0 Å². The average molecular weight is 342 g/mol. The first-order valence-corrected chi connectivity index (χ1v) is 9.38. The lowest BCUT2D eigenvalue weighted by molar-refractivity contribution is -0.145. The maximum Gasteiger partial charge on any atom is 0.263 e. The summed E-state index contributed by atoms with van der Waals surface area (Å²) in [5, 5.41) is 2.19. The second kappa shape index (κ2) is 6.57. The number of para-hydroxylation sites is 1. The summed E-state index contributed by atoms with van der Waals surface area (Å²) in [6.07, 6.45) is 0.712. The average Bonchev–Trinajstić information content (AvgIpc) is 3.02. The molecule has 2 aliphatic heterocycles. The number of likely N-dealkylation sites (tertiary alicyclic amines) is 1. The summed E-state index contributed by atoms with van der Waals surface area (Å²) in [6.45, 7) is 5.61. The molecular weight excluding hydrogens is 320 g/mol. The summed E-state index contributed by atoms with van der Waals surface area (Å²) in [6, 6.07) is 12.3. The van der Waals surface area contributed by atoms with Crippen LogP contribution >= 0.6 is 11.3 Å². The molecule has 0 spiro atoms. The molecule has 4 rings (SSSR count). The molecule has 126 valence electrons. The summed E-state index contributed by atoms with van der Waals surface area (Å²) in [7, 11) is 0. The Labute approximate surface area is 146 Å². The highest BCUT2D eigenvalue weighted by atomic mass is 32.1. The number of hydrogen-bond donors (Lipinski definition) is 0. The fraction of sp³-hybridized carbons (Fsp3) is 0.421. The number of rotatable bonds is 4. The minimum absolute atomic E-state index is 0.0864. The molecule has 3 heterocycles. The van der Waals surface area contributed by atoms with E-state index in [0.717, 1.165) is 38.3 Å². The van der Waals surface area contributed by atoms with Crippen LogP contribution in [0.5, 0.6) is 5.75 Å². The Morgan fingerprint density at radius 3 is 2.83 bits per heavy atom. The van der Waals surface area contributed by atoms with Crippen molar-refractivity contribution in [1.82, 2.24) is 9.80 Å². The van der Waals surface area contributed by atoms with Crippen molar-refractivity contribution >= 4 is 17.2 Å². The molecule has 0 N–H and O–H groups in total. The summed E-state index contributed by atoms with van der Waals surface area (Å²) >= 11 is 1.87. The first kappa shape index (κ1) is 15.7. The molecule has 24 heavy (non-hydrogen) atoms. The molecule has 2 aliphatic rings. The van der Waals surface area contributed by atoms with Crippen molar-refractivity contribution in [1.29, 1.82) is 0 Å². The van der Waals surface area contributed by atoms with E-state index in [9.17, 15) is 4.79 Å². The molecule has 1 aromatic carbocycles. The Bertz CT molecular complexity index is 709. The van der Waals surface area contributed by atoms with Crippen LogP contribution in [-0.2, 0) is 17.8 Å². The second-order valence-electron chi connectivity index (χ2n) is 6.56. The standard InChI is InChI=1S/C19H22N2O2S/c1-14(23-17-5-3-2-4-6-17)19(22)21-12-16(13-21)20-9-7-18-15(11-20)8-10-24-18/h2-6,8,10,14,16H,7,9,11-13H2,1H3. The number of thiophene rings is 1. The van der Waals surface area contributed by atoms with E-state index >= 15 is 0 Å². The van der Waals surface area contributed by atoms with Gasteiger partial charge in [0.1, 0.15) is 5.75 Å². The van der Waals surface area contributed by atoms with Gasteiger partial charge in [-0.1, -0.05) is 18.2 Å². The highest BCUT2D eigenvalue weighted by molar-refractivity contribution is 7.10. The quantitative estimate of drug-likeness (QED) is 0.856. The third kappa shape index (κ3) is 3.06. The predicted molar refractivity (Wildman–Crippen MR) is 95.3 cm³/mol. The van der Waals surface area contributed by atoms with Crippen LogP contribution in [0.3, 0.4) is 0 Å². The van der Waals surface area contributed by atoms with E-state index in [4.69, 9.17) is 4.74 Å². The van der Waals surface area contributed by atoms with E-state index in [-0.39, 0.29) is 5.91 Å². The maximum absolute atomic E-state index is 12.5. The van der Waals surface area contributed by atoms with Gasteiger partial charge in [0.2, 0.25) is 0 Å². The number of ether oxygens (including phenoxy) is 1. The zero-order chi connectivity index (χ0) is 16.5. The number of amides is 1. The van der Waals surface area contributed by atoms with Crippen LogP contribution in [-0.4, -0.2) is 47.5 Å². The van der Waals surface area contributed by atoms with Crippen LogP contribution in [0.15, 0.2) is 41.8 Å². The number of carbonyl (C=O) groups is 1. The number of carbonyl (C=O) groups excluding carboxylic acids is 1. The van der Waals surface area contributed by atoms with Crippen molar-refractivity contribution < 1.29 is 9.53 Å². The number of benzene rings is 1. The van der Waals surface area contributed by atoms with Crippen LogP contribution in [0.4, 0.5) is 0 Å². The molecule has 0 aliphatic carbocycles. The minimum Gasteiger partial charge on any atom is -0.481 e. The van der Waals surface area contributed by atoms with Gasteiger partial charge in [0.15, 0.2) is 6.10 Å². The Morgan fingerprint density at radius 2 is 2.04 bits per heavy atom. The molecule has 0 saturated carbocycles. The van der Waals surface area contributed by atoms with Gasteiger partial charge in [-0.3, -0.25) is 9.69 Å². The lowest BCUT2D eigenvalue weighted by atomic mass is 10.0. The van der Waals surface area contributed by atoms with Crippen molar-refractivity contribution in [2.75, 3.05) is 19.6 Å². The largest absolute Gasteiger partial charge is 0.481 e. The van der Waals surface area contributed by atoms with E-state index in [1.54, 1.807) is 0 Å². The smallest absolute Gasteiger partial charge is 0.263 e. The molecule has 1 fully saturated rings. The van der Waals surface area contributed by atoms with Gasteiger partial charge >= 0.3 is 0 Å². The van der Waals surface area contributed by atoms with Gasteiger partial charge < -0.3 is 9.64 Å². The molecule has 5 heteroatoms. The van der Waals surface area contributed by atoms with E-state index in [1.165, 1.54) is 10.4 Å². The van der Waals surface area contributed by atoms with Gasteiger partial charge in [-0.15, -0.1) is 11.3 Å². The Kier molecular flexibility index (Phi) is 4.29. The predicted octanol–water partition coefficient (Wildman–Crippen LogP) is 2.78. The summed E-state index contributed by atoms with van der Waals surface area (Å²) in [4.78, 5) is 18.5. The SMILES string of the molecule is CC(Oc1ccccc1)C(=O)N1CC(N2CCc3sccc3C2)C1. The molecule has 0 bridgehead atoms. The van der Waals surface area contributed by atoms with Crippen LogP contribution in [0.1, 0.15) is 17.4 Å². The van der Waals surface area contributed by atoms with Crippen molar-refractivity contribution in [3.05, 3.63) is 52.2 Å². The molecule has 2 aromatic rings. The molecule has 1 unspecified atom stereocenters. The number of hydrogen-bond acceptors (Lipinski definition) is 4. The summed E-state index contributed by atoms with van der Waals surface area (Å²) < 4.78 is 5.75. The van der Waals surface area contributed by atoms with Crippen LogP contribution in [0.25, 0.3) is 0 Å². The van der Waals surface area contributed by atoms with Crippen LogP contribution < -0.4 is 4.74 Å². The zero-order valence-corrected chi connectivity index (χ0v) is 14.7. The van der Waals surface area contributed by atoms with Crippen molar-refractivity contribution in [3.8, 4) is 5.75 Å². The lowest BCUT2D eigenvalue weighted by Gasteiger charge is -2.47. The Morgan fingerprint density at radius 1 is 1.25 bits per heavy atom. The maximum atomic E-state index is 12.5. The molecule has 1 amide bonds. The van der Waals surface area contributed by atoms with Gasteiger partial charge in [0.05, 0.1) is 0 Å². The zero-order valence-electron chi connectivity index (χ0n) is 13.9.